The number of para-hydroxylation sites is 2. The highest BCUT2D eigenvalue weighted by atomic mass is 19.1. The molecule has 1 N–H and O–H groups in total. The Morgan fingerprint density at radius 3 is 2.46 bits per heavy atom. The van der Waals surface area contributed by atoms with E-state index in [0.29, 0.717) is 17.6 Å². The molecule has 1 aromatic heterocycles. The largest absolute Gasteiger partial charge is 0.329 e. The molecule has 0 atom stereocenters. The number of hydrogen-bond donors (Lipinski definition) is 1. The lowest BCUT2D eigenvalue weighted by Gasteiger charge is -2.06. The van der Waals surface area contributed by atoms with Crippen LogP contribution in [0.2, 0.25) is 0 Å². The first kappa shape index (κ1) is 17.3. The number of amides is 1. The molecule has 0 unspecified atom stereocenters. The fourth-order valence-corrected chi connectivity index (χ4v) is 2.81. The number of aryl methyl sites for hydroxylation is 1. The van der Waals surface area contributed by atoms with Crippen LogP contribution in [-0.4, -0.2) is 20.0 Å². The Morgan fingerprint density at radius 2 is 1.85 bits per heavy atom. The Hall–Kier alpha value is -3.49. The predicted octanol–water partition coefficient (Wildman–Crippen LogP) is 2.51. The van der Waals surface area contributed by atoms with Gasteiger partial charge in [0.2, 0.25) is 11.7 Å². The van der Waals surface area contributed by atoms with Gasteiger partial charge in [-0.05, 0) is 31.2 Å². The zero-order valence-electron chi connectivity index (χ0n) is 13.8. The number of nitro groups is 1. The maximum Gasteiger partial charge on any atom is 0.329 e. The minimum Gasteiger partial charge on any atom is -0.324 e. The summed E-state index contributed by atoms with van der Waals surface area (Å²) in [5, 5.41) is 13.2. The van der Waals surface area contributed by atoms with Crippen molar-refractivity contribution in [1.29, 1.82) is 0 Å². The molecule has 9 heteroatoms. The first-order valence-corrected chi connectivity index (χ1v) is 7.84. The fourth-order valence-electron chi connectivity index (χ4n) is 2.81. The Labute approximate surface area is 146 Å². The molecule has 0 aliphatic heterocycles. The van der Waals surface area contributed by atoms with Crippen LogP contribution in [0.5, 0.6) is 0 Å². The number of aromatic nitrogens is 2. The lowest BCUT2D eigenvalue weighted by Crippen LogP contribution is -2.29. The van der Waals surface area contributed by atoms with Gasteiger partial charge in [-0.3, -0.25) is 24.0 Å². The summed E-state index contributed by atoms with van der Waals surface area (Å²) in [4.78, 5) is 34.7. The average Bonchev–Trinajstić information content (AvgIpc) is 2.88. The summed E-state index contributed by atoms with van der Waals surface area (Å²) in [6, 6.07) is 10.2. The Balaban J connectivity index is 1.89. The van der Waals surface area contributed by atoms with E-state index in [1.165, 1.54) is 10.6 Å². The molecule has 0 saturated carbocycles. The lowest BCUT2D eigenvalue weighted by atomic mass is 10.2. The third kappa shape index (κ3) is 3.06. The molecule has 1 amide bonds. The maximum atomic E-state index is 13.4. The van der Waals surface area contributed by atoms with Crippen molar-refractivity contribution in [2.45, 2.75) is 20.0 Å². The van der Waals surface area contributed by atoms with Crippen molar-refractivity contribution in [3.05, 3.63) is 68.9 Å². The van der Waals surface area contributed by atoms with Crippen molar-refractivity contribution in [2.75, 3.05) is 5.32 Å². The van der Waals surface area contributed by atoms with Gasteiger partial charge in [-0.25, -0.2) is 4.79 Å². The molecule has 0 fully saturated rings. The minimum atomic E-state index is -0.991. The van der Waals surface area contributed by atoms with Gasteiger partial charge < -0.3 is 5.32 Å². The molecule has 2 aromatic carbocycles. The molecule has 1 heterocycles. The zero-order chi connectivity index (χ0) is 18.8. The van der Waals surface area contributed by atoms with Gasteiger partial charge in [0.15, 0.2) is 0 Å². The second-order valence-corrected chi connectivity index (χ2v) is 5.57. The van der Waals surface area contributed by atoms with Crippen molar-refractivity contribution in [3.63, 3.8) is 0 Å². The number of nitrogens with zero attached hydrogens (tertiary/aromatic N) is 3. The number of anilines is 1. The molecular formula is C17H15FN4O4. The molecule has 0 saturated heterocycles. The van der Waals surface area contributed by atoms with Crippen LogP contribution in [0.15, 0.2) is 47.3 Å². The molecule has 3 rings (SSSR count). The second-order valence-electron chi connectivity index (χ2n) is 5.57. The smallest absolute Gasteiger partial charge is 0.324 e. The van der Waals surface area contributed by atoms with Crippen LogP contribution in [0.1, 0.15) is 6.92 Å². The van der Waals surface area contributed by atoms with Crippen LogP contribution < -0.4 is 11.0 Å². The Morgan fingerprint density at radius 1 is 1.19 bits per heavy atom. The Kier molecular flexibility index (Phi) is 4.53. The molecule has 0 bridgehead atoms. The molecule has 0 radical (unpaired) electrons. The molecule has 134 valence electrons. The van der Waals surface area contributed by atoms with Crippen LogP contribution in [0.25, 0.3) is 11.0 Å². The van der Waals surface area contributed by atoms with Gasteiger partial charge in [0.1, 0.15) is 6.54 Å². The molecule has 0 aliphatic rings. The van der Waals surface area contributed by atoms with Crippen molar-refractivity contribution in [2.24, 2.45) is 0 Å². The number of fused-ring (bicyclic) bond motifs is 1. The van der Waals surface area contributed by atoms with E-state index in [2.05, 4.69) is 5.32 Å². The van der Waals surface area contributed by atoms with E-state index in [1.807, 2.05) is 6.92 Å². The number of nitro benzene ring substituents is 1. The molecular weight excluding hydrogens is 343 g/mol. The monoisotopic (exact) mass is 358 g/mol. The predicted molar refractivity (Wildman–Crippen MR) is 93.6 cm³/mol. The number of carbonyl (C=O) groups excluding carboxylic acids is 1. The molecule has 0 spiro atoms. The number of carbonyl (C=O) groups is 1. The lowest BCUT2D eigenvalue weighted by molar-refractivity contribution is -0.387. The van der Waals surface area contributed by atoms with Gasteiger partial charge in [-0.15, -0.1) is 0 Å². The number of halogens is 1. The van der Waals surface area contributed by atoms with Gasteiger partial charge in [0, 0.05) is 18.3 Å². The first-order chi connectivity index (χ1) is 12.4. The van der Waals surface area contributed by atoms with Crippen LogP contribution >= 0.6 is 0 Å². The summed E-state index contributed by atoms with van der Waals surface area (Å²) < 4.78 is 16.2. The van der Waals surface area contributed by atoms with Gasteiger partial charge in [-0.1, -0.05) is 12.1 Å². The van der Waals surface area contributed by atoms with E-state index in [-0.39, 0.29) is 17.9 Å². The third-order valence-corrected chi connectivity index (χ3v) is 3.97. The maximum absolute atomic E-state index is 13.4. The Bertz CT molecular complexity index is 1070. The highest BCUT2D eigenvalue weighted by molar-refractivity contribution is 5.92. The van der Waals surface area contributed by atoms with E-state index in [1.54, 1.807) is 28.8 Å². The van der Waals surface area contributed by atoms with Crippen molar-refractivity contribution < 1.29 is 14.1 Å². The van der Waals surface area contributed by atoms with Crippen molar-refractivity contribution >= 4 is 28.3 Å². The zero-order valence-corrected chi connectivity index (χ0v) is 13.8. The standard InChI is InChI=1S/C17H15FN4O4/c1-2-20-13-5-3-4-6-14(13)21(17(20)24)10-16(23)19-11-7-8-12(18)15(9-11)22(25)26/h3-9H,2,10H2,1H3,(H,19,23). The van der Waals surface area contributed by atoms with E-state index >= 15 is 0 Å². The number of benzene rings is 2. The fraction of sp³-hybridized carbons (Fsp3) is 0.176. The second kappa shape index (κ2) is 6.79. The van der Waals surface area contributed by atoms with Crippen molar-refractivity contribution in [3.8, 4) is 0 Å². The molecule has 0 aliphatic carbocycles. The van der Waals surface area contributed by atoms with Crippen LogP contribution in [0.4, 0.5) is 15.8 Å². The summed E-state index contributed by atoms with van der Waals surface area (Å²) in [7, 11) is 0. The molecule has 26 heavy (non-hydrogen) atoms. The third-order valence-electron chi connectivity index (χ3n) is 3.97. The van der Waals surface area contributed by atoms with Gasteiger partial charge >= 0.3 is 11.4 Å². The number of hydrogen-bond acceptors (Lipinski definition) is 4. The first-order valence-electron chi connectivity index (χ1n) is 7.84. The number of nitrogens with one attached hydrogen (secondary N) is 1. The van der Waals surface area contributed by atoms with E-state index in [9.17, 15) is 24.1 Å². The van der Waals surface area contributed by atoms with Crippen LogP contribution in [-0.2, 0) is 17.9 Å². The topological polar surface area (TPSA) is 99.2 Å². The SMILES string of the molecule is CCn1c(=O)n(CC(=O)Nc2ccc(F)c([N+](=O)[O-])c2)c2ccccc21. The van der Waals surface area contributed by atoms with Gasteiger partial charge in [0.25, 0.3) is 0 Å². The minimum absolute atomic E-state index is 0.0791. The average molecular weight is 358 g/mol. The summed E-state index contributed by atoms with van der Waals surface area (Å²) in [5.41, 5.74) is 0.344. The molecule has 3 aromatic rings. The summed E-state index contributed by atoms with van der Waals surface area (Å²) in [6.45, 7) is 2.02. The summed E-state index contributed by atoms with van der Waals surface area (Å²) in [6.07, 6.45) is 0. The van der Waals surface area contributed by atoms with E-state index in [0.717, 1.165) is 12.1 Å². The van der Waals surface area contributed by atoms with Gasteiger partial charge in [0.05, 0.1) is 16.0 Å². The quantitative estimate of drug-likeness (QED) is 0.559. The van der Waals surface area contributed by atoms with Crippen LogP contribution in [0, 0.1) is 15.9 Å². The number of imidazole rings is 1. The van der Waals surface area contributed by atoms with Crippen LogP contribution in [0.3, 0.4) is 0 Å². The van der Waals surface area contributed by atoms with Crippen molar-refractivity contribution in [1.82, 2.24) is 9.13 Å². The molecule has 8 nitrogen and oxygen atoms in total. The summed E-state index contributed by atoms with van der Waals surface area (Å²) in [5.74, 6) is -1.54. The van der Waals surface area contributed by atoms with E-state index in [4.69, 9.17) is 0 Å². The number of rotatable bonds is 5. The highest BCUT2D eigenvalue weighted by Crippen LogP contribution is 2.21. The summed E-state index contributed by atoms with van der Waals surface area (Å²) >= 11 is 0. The highest BCUT2D eigenvalue weighted by Gasteiger charge is 2.17. The normalized spacial score (nSPS) is 10.8. The van der Waals surface area contributed by atoms with Gasteiger partial charge in [-0.2, -0.15) is 4.39 Å². The van der Waals surface area contributed by atoms with E-state index < -0.39 is 22.3 Å².